The van der Waals surface area contributed by atoms with Crippen LogP contribution in [-0.2, 0) is 16.6 Å². The third-order valence-corrected chi connectivity index (χ3v) is 7.37. The van der Waals surface area contributed by atoms with Crippen molar-refractivity contribution in [3.63, 3.8) is 0 Å². The van der Waals surface area contributed by atoms with Crippen LogP contribution in [0.4, 0.5) is 5.69 Å². The highest BCUT2D eigenvalue weighted by atomic mass is 127. The molecule has 31 heavy (non-hydrogen) atoms. The molecule has 2 N–H and O–H groups in total. The number of rotatable bonds is 4. The number of benzene rings is 2. The Kier molecular flexibility index (Phi) is 4.56. The molecule has 1 aliphatic rings. The van der Waals surface area contributed by atoms with Crippen molar-refractivity contribution in [3.8, 4) is 5.75 Å². The lowest BCUT2D eigenvalue weighted by Crippen LogP contribution is -2.33. The van der Waals surface area contributed by atoms with E-state index in [1.165, 1.54) is 10.6 Å². The number of anilines is 1. The van der Waals surface area contributed by atoms with E-state index < -0.39 is 15.6 Å². The number of aryl methyl sites for hydroxylation is 1. The van der Waals surface area contributed by atoms with Crippen molar-refractivity contribution in [1.29, 1.82) is 0 Å². The third kappa shape index (κ3) is 3.11. The van der Waals surface area contributed by atoms with Gasteiger partial charge < -0.3 is 19.4 Å². The minimum atomic E-state index is -4.05. The summed E-state index contributed by atoms with van der Waals surface area (Å²) in [6.45, 7) is 4.50. The van der Waals surface area contributed by atoms with Crippen LogP contribution in [0.3, 0.4) is 0 Å². The zero-order chi connectivity index (χ0) is 22.1. The van der Waals surface area contributed by atoms with E-state index in [9.17, 15) is 18.3 Å². The maximum absolute atomic E-state index is 13.5. The van der Waals surface area contributed by atoms with Gasteiger partial charge >= 0.3 is 0 Å². The summed E-state index contributed by atoms with van der Waals surface area (Å²) in [5.41, 5.74) is 1.03. The minimum Gasteiger partial charge on any atom is -0.506 e. The second kappa shape index (κ2) is 6.95. The van der Waals surface area contributed by atoms with Gasteiger partial charge in [0.1, 0.15) is 27.3 Å². The van der Waals surface area contributed by atoms with Gasteiger partial charge in [-0.05, 0) is 65.3 Å². The quantitative estimate of drug-likeness (QED) is 0.370. The zero-order valence-electron chi connectivity index (χ0n) is 16.6. The van der Waals surface area contributed by atoms with E-state index in [2.05, 4.69) is 23.6 Å². The van der Waals surface area contributed by atoms with E-state index in [-0.39, 0.29) is 22.0 Å². The molecule has 0 saturated carbocycles. The van der Waals surface area contributed by atoms with Gasteiger partial charge in [0.15, 0.2) is 11.4 Å². The van der Waals surface area contributed by atoms with Gasteiger partial charge in [0.25, 0.3) is 15.6 Å². The van der Waals surface area contributed by atoms with Crippen LogP contribution in [0.5, 0.6) is 5.75 Å². The Bertz CT molecular complexity index is 1550. The Balaban J connectivity index is 1.78. The molecule has 0 unspecified atom stereocenters. The monoisotopic (exact) mass is 551 g/mol. The molecule has 4 aromatic rings. The number of amidine groups is 1. The molecular formula is C21H18IN3O5S. The number of fused-ring (bicyclic) bond motifs is 6. The van der Waals surface area contributed by atoms with Crippen LogP contribution in [0.25, 0.3) is 22.1 Å². The summed E-state index contributed by atoms with van der Waals surface area (Å²) in [7, 11) is -4.05. The average molecular weight is 551 g/mol. The Morgan fingerprint density at radius 1 is 1.23 bits per heavy atom. The van der Waals surface area contributed by atoms with Crippen LogP contribution in [0.15, 0.2) is 48.8 Å². The van der Waals surface area contributed by atoms with Crippen molar-refractivity contribution >= 4 is 66.2 Å². The molecule has 8 nitrogen and oxygen atoms in total. The zero-order valence-corrected chi connectivity index (χ0v) is 19.6. The molecule has 10 heteroatoms. The number of pyridine rings is 1. The largest absolute Gasteiger partial charge is 0.506 e. The molecule has 0 aliphatic carbocycles. The Morgan fingerprint density at radius 2 is 1.97 bits per heavy atom. The number of hydrogen-bond donors (Lipinski definition) is 2. The van der Waals surface area contributed by atoms with Crippen molar-refractivity contribution in [3.05, 3.63) is 49.8 Å². The Labute approximate surface area is 191 Å². The minimum absolute atomic E-state index is 0.0270. The second-order valence-electron chi connectivity index (χ2n) is 7.93. The highest BCUT2D eigenvalue weighted by Gasteiger charge is 2.31. The van der Waals surface area contributed by atoms with Crippen LogP contribution in [0.1, 0.15) is 25.8 Å². The molecule has 160 valence electrons. The molecule has 0 atom stereocenters. The third-order valence-electron chi connectivity index (χ3n) is 5.38. The fourth-order valence-corrected chi connectivity index (χ4v) is 5.70. The SMILES string of the molecule is CC(C)CCn1c(=O)c(C2=NS(=O)(=O)c3cc(I)ccc3N2)c(O)c2c3ccc(o3)c21. The van der Waals surface area contributed by atoms with Crippen LogP contribution >= 0.6 is 22.6 Å². The van der Waals surface area contributed by atoms with E-state index in [0.29, 0.717) is 40.2 Å². The number of aromatic hydroxyl groups is 1. The molecule has 2 bridgehead atoms. The number of nitrogens with zero attached hydrogens (tertiary/aromatic N) is 2. The number of aromatic nitrogens is 1. The molecule has 4 heterocycles. The molecule has 1 aromatic carbocycles. The van der Waals surface area contributed by atoms with E-state index in [0.717, 1.165) is 9.99 Å². The molecule has 0 fully saturated rings. The molecule has 0 saturated heterocycles. The summed E-state index contributed by atoms with van der Waals surface area (Å²) in [6, 6.07) is 8.33. The van der Waals surface area contributed by atoms with Crippen molar-refractivity contribution in [2.24, 2.45) is 10.3 Å². The van der Waals surface area contributed by atoms with Gasteiger partial charge in [-0.15, -0.1) is 4.40 Å². The first-order valence-corrected chi connectivity index (χ1v) is 12.2. The molecule has 1 aliphatic heterocycles. The highest BCUT2D eigenvalue weighted by molar-refractivity contribution is 14.1. The van der Waals surface area contributed by atoms with Gasteiger partial charge in [0.2, 0.25) is 0 Å². The van der Waals surface area contributed by atoms with Gasteiger partial charge in [-0.1, -0.05) is 13.8 Å². The van der Waals surface area contributed by atoms with E-state index in [1.807, 2.05) is 22.6 Å². The lowest BCUT2D eigenvalue weighted by molar-refractivity contribution is 0.474. The predicted molar refractivity (Wildman–Crippen MR) is 127 cm³/mol. The van der Waals surface area contributed by atoms with Crippen LogP contribution in [0, 0.1) is 9.49 Å². The summed E-state index contributed by atoms with van der Waals surface area (Å²) >= 11 is 2.02. The predicted octanol–water partition coefficient (Wildman–Crippen LogP) is 4.10. The fourth-order valence-electron chi connectivity index (χ4n) is 3.85. The maximum atomic E-state index is 13.5. The smallest absolute Gasteiger partial charge is 0.286 e. The first-order chi connectivity index (χ1) is 14.7. The maximum Gasteiger partial charge on any atom is 0.286 e. The normalized spacial score (nSPS) is 15.4. The summed E-state index contributed by atoms with van der Waals surface area (Å²) in [5, 5.41) is 14.4. The van der Waals surface area contributed by atoms with E-state index in [1.54, 1.807) is 24.3 Å². The Morgan fingerprint density at radius 3 is 2.71 bits per heavy atom. The summed E-state index contributed by atoms with van der Waals surface area (Å²) in [5.74, 6) is -0.201. The molecule has 0 spiro atoms. The molecule has 0 radical (unpaired) electrons. The summed E-state index contributed by atoms with van der Waals surface area (Å²) in [4.78, 5) is 13.5. The first-order valence-electron chi connectivity index (χ1n) is 9.69. The number of hydrogen-bond acceptors (Lipinski definition) is 6. The van der Waals surface area contributed by atoms with Crippen LogP contribution in [0.2, 0.25) is 0 Å². The molecule has 3 aromatic heterocycles. The summed E-state index contributed by atoms with van der Waals surface area (Å²) < 4.78 is 37.5. The van der Waals surface area contributed by atoms with Crippen molar-refractivity contribution in [2.75, 3.05) is 5.32 Å². The lowest BCUT2D eigenvalue weighted by atomic mass is 10.1. The van der Waals surface area contributed by atoms with Crippen LogP contribution < -0.4 is 10.9 Å². The summed E-state index contributed by atoms with van der Waals surface area (Å²) in [6.07, 6.45) is 0.725. The molecular weight excluding hydrogens is 533 g/mol. The van der Waals surface area contributed by atoms with Gasteiger partial charge in [-0.3, -0.25) is 4.79 Å². The molecule has 0 amide bonds. The van der Waals surface area contributed by atoms with Crippen molar-refractivity contribution in [1.82, 2.24) is 4.57 Å². The van der Waals surface area contributed by atoms with Gasteiger partial charge in [0, 0.05) is 10.1 Å². The standard InChI is InChI=1S/C21H18IN3O5S/c1-10(2)7-8-25-18-14-6-5-13(30-14)16(18)19(26)17(21(25)27)20-23-12-4-3-11(22)9-15(12)31(28,29)24-20/h3-6,9-10,26H,7-8H2,1-2H3,(H,23,24). The van der Waals surface area contributed by atoms with E-state index >= 15 is 0 Å². The number of nitrogens with one attached hydrogen (secondary N) is 1. The van der Waals surface area contributed by atoms with Crippen molar-refractivity contribution in [2.45, 2.75) is 31.7 Å². The van der Waals surface area contributed by atoms with E-state index in [4.69, 9.17) is 4.42 Å². The van der Waals surface area contributed by atoms with Crippen molar-refractivity contribution < 1.29 is 17.9 Å². The number of halogens is 1. The van der Waals surface area contributed by atoms with Gasteiger partial charge in [-0.2, -0.15) is 8.42 Å². The first kappa shape index (κ1) is 20.3. The fraction of sp³-hybridized carbons (Fsp3) is 0.238. The topological polar surface area (TPSA) is 114 Å². The van der Waals surface area contributed by atoms with Gasteiger partial charge in [0.05, 0.1) is 11.1 Å². The second-order valence-corrected chi connectivity index (χ2v) is 10.7. The van der Waals surface area contributed by atoms with Crippen LogP contribution in [-0.4, -0.2) is 23.9 Å². The average Bonchev–Trinajstić information content (AvgIpc) is 3.30. The highest BCUT2D eigenvalue weighted by Crippen LogP contribution is 2.39. The molecule has 5 rings (SSSR count). The Hall–Kier alpha value is -2.60. The lowest BCUT2D eigenvalue weighted by Gasteiger charge is -2.20. The van der Waals surface area contributed by atoms with Gasteiger partial charge in [-0.25, -0.2) is 0 Å². The number of furan rings is 2. The number of sulfonamides is 1.